The zero-order valence-corrected chi connectivity index (χ0v) is 18.2. The van der Waals surface area contributed by atoms with E-state index in [1.165, 1.54) is 5.56 Å². The maximum absolute atomic E-state index is 11.6. The highest BCUT2D eigenvalue weighted by molar-refractivity contribution is 5.98. The van der Waals surface area contributed by atoms with Crippen LogP contribution in [0.1, 0.15) is 33.0 Å². The van der Waals surface area contributed by atoms with Crippen LogP contribution in [0.15, 0.2) is 66.9 Å². The molecule has 33 heavy (non-hydrogen) atoms. The SMILES string of the molecule is Cc1[nH]nc(C(N)=O)c1-c1ccc(Cc2ccc(-c3ccc(C4(O)COC4)nc3)cc2)cc1. The second-order valence-electron chi connectivity index (χ2n) is 8.46. The number of rotatable bonds is 6. The van der Waals surface area contributed by atoms with Gasteiger partial charge in [-0.15, -0.1) is 0 Å². The third kappa shape index (κ3) is 4.04. The van der Waals surface area contributed by atoms with Crippen molar-refractivity contribution in [1.82, 2.24) is 15.2 Å². The lowest BCUT2D eigenvalue weighted by Crippen LogP contribution is -2.47. The number of hydrogen-bond acceptors (Lipinski definition) is 5. The third-order valence-electron chi connectivity index (χ3n) is 6.04. The van der Waals surface area contributed by atoms with Crippen LogP contribution in [0.4, 0.5) is 0 Å². The Morgan fingerprint density at radius 2 is 1.61 bits per heavy atom. The van der Waals surface area contributed by atoms with E-state index in [0.29, 0.717) is 18.9 Å². The zero-order chi connectivity index (χ0) is 23.0. The fourth-order valence-electron chi connectivity index (χ4n) is 4.08. The molecular weight excluding hydrogens is 416 g/mol. The Bertz CT molecular complexity index is 1290. The van der Waals surface area contributed by atoms with Crippen LogP contribution in [-0.2, 0) is 16.8 Å². The number of aliphatic hydroxyl groups is 1. The van der Waals surface area contributed by atoms with Crippen LogP contribution < -0.4 is 5.73 Å². The van der Waals surface area contributed by atoms with Crippen molar-refractivity contribution in [3.8, 4) is 22.3 Å². The summed E-state index contributed by atoms with van der Waals surface area (Å²) in [6, 6.07) is 20.3. The first kappa shape index (κ1) is 21.1. The van der Waals surface area contributed by atoms with E-state index in [0.717, 1.165) is 39.9 Å². The van der Waals surface area contributed by atoms with E-state index in [4.69, 9.17) is 10.5 Å². The van der Waals surface area contributed by atoms with Gasteiger partial charge in [0.05, 0.1) is 18.9 Å². The van der Waals surface area contributed by atoms with Gasteiger partial charge in [0.2, 0.25) is 0 Å². The molecule has 0 aliphatic carbocycles. The quantitative estimate of drug-likeness (QED) is 0.425. The van der Waals surface area contributed by atoms with E-state index >= 15 is 0 Å². The Labute approximate surface area is 191 Å². The van der Waals surface area contributed by atoms with Crippen LogP contribution in [-0.4, -0.2) is 39.4 Å². The lowest BCUT2D eigenvalue weighted by molar-refractivity contribution is -0.186. The molecule has 2 aromatic heterocycles. The highest BCUT2D eigenvalue weighted by atomic mass is 16.5. The number of primary amides is 1. The van der Waals surface area contributed by atoms with E-state index in [1.807, 2.05) is 31.2 Å². The number of nitrogens with one attached hydrogen (secondary N) is 1. The summed E-state index contributed by atoms with van der Waals surface area (Å²) in [6.45, 7) is 2.46. The van der Waals surface area contributed by atoms with E-state index in [2.05, 4.69) is 51.6 Å². The fourth-order valence-corrected chi connectivity index (χ4v) is 4.08. The highest BCUT2D eigenvalue weighted by Crippen LogP contribution is 2.30. The number of nitrogens with zero attached hydrogens (tertiary/aromatic N) is 2. The van der Waals surface area contributed by atoms with E-state index in [-0.39, 0.29) is 5.69 Å². The van der Waals surface area contributed by atoms with Gasteiger partial charge in [0.15, 0.2) is 11.3 Å². The summed E-state index contributed by atoms with van der Waals surface area (Å²) < 4.78 is 5.10. The Kier molecular flexibility index (Phi) is 5.28. The number of benzene rings is 2. The molecule has 0 saturated carbocycles. The van der Waals surface area contributed by atoms with Crippen molar-refractivity contribution in [2.24, 2.45) is 5.73 Å². The summed E-state index contributed by atoms with van der Waals surface area (Å²) in [6.07, 6.45) is 2.58. The number of ether oxygens (including phenoxy) is 1. The molecule has 5 rings (SSSR count). The average Bonchev–Trinajstić information content (AvgIpc) is 3.20. The molecule has 1 fully saturated rings. The summed E-state index contributed by atoms with van der Waals surface area (Å²) in [7, 11) is 0. The summed E-state index contributed by atoms with van der Waals surface area (Å²) in [4.78, 5) is 16.1. The van der Waals surface area contributed by atoms with Crippen molar-refractivity contribution in [3.63, 3.8) is 0 Å². The minimum Gasteiger partial charge on any atom is -0.379 e. The number of aryl methyl sites for hydroxylation is 1. The molecule has 7 nitrogen and oxygen atoms in total. The highest BCUT2D eigenvalue weighted by Gasteiger charge is 2.39. The van der Waals surface area contributed by atoms with Crippen molar-refractivity contribution >= 4 is 5.91 Å². The maximum atomic E-state index is 11.6. The number of amides is 1. The van der Waals surface area contributed by atoms with E-state index < -0.39 is 11.5 Å². The van der Waals surface area contributed by atoms with E-state index in [9.17, 15) is 9.90 Å². The monoisotopic (exact) mass is 440 g/mol. The number of aromatic nitrogens is 3. The van der Waals surface area contributed by atoms with E-state index in [1.54, 1.807) is 6.20 Å². The van der Waals surface area contributed by atoms with Gasteiger partial charge in [-0.3, -0.25) is 14.9 Å². The van der Waals surface area contributed by atoms with Crippen molar-refractivity contribution in [2.75, 3.05) is 13.2 Å². The molecule has 0 spiro atoms. The Balaban J connectivity index is 1.29. The first-order chi connectivity index (χ1) is 15.9. The number of hydrogen-bond donors (Lipinski definition) is 3. The van der Waals surface area contributed by atoms with Gasteiger partial charge in [0.25, 0.3) is 5.91 Å². The average molecular weight is 441 g/mol. The molecule has 1 amide bonds. The zero-order valence-electron chi connectivity index (χ0n) is 18.2. The fraction of sp³-hybridized carbons (Fsp3) is 0.192. The number of carbonyl (C=O) groups excluding carboxylic acids is 1. The van der Waals surface area contributed by atoms with Crippen molar-refractivity contribution in [2.45, 2.75) is 18.9 Å². The van der Waals surface area contributed by atoms with Gasteiger partial charge in [-0.25, -0.2) is 0 Å². The van der Waals surface area contributed by atoms with Gasteiger partial charge in [-0.05, 0) is 41.7 Å². The predicted octanol–water partition coefficient (Wildman–Crippen LogP) is 3.35. The molecule has 4 aromatic rings. The number of carbonyl (C=O) groups is 1. The Morgan fingerprint density at radius 3 is 2.12 bits per heavy atom. The Hall–Kier alpha value is -3.81. The number of aromatic amines is 1. The van der Waals surface area contributed by atoms with Gasteiger partial charge in [-0.1, -0.05) is 54.6 Å². The van der Waals surface area contributed by atoms with Crippen LogP contribution in [0.3, 0.4) is 0 Å². The molecule has 1 saturated heterocycles. The van der Waals surface area contributed by atoms with Gasteiger partial charge in [0.1, 0.15) is 0 Å². The second kappa shape index (κ2) is 8.27. The summed E-state index contributed by atoms with van der Waals surface area (Å²) >= 11 is 0. The molecule has 7 heteroatoms. The van der Waals surface area contributed by atoms with Gasteiger partial charge >= 0.3 is 0 Å². The molecule has 0 radical (unpaired) electrons. The molecule has 0 unspecified atom stereocenters. The molecule has 3 heterocycles. The lowest BCUT2D eigenvalue weighted by atomic mass is 9.95. The van der Waals surface area contributed by atoms with Crippen molar-refractivity contribution in [3.05, 3.63) is 95.1 Å². The van der Waals surface area contributed by atoms with Crippen LogP contribution >= 0.6 is 0 Å². The standard InChI is InChI=1S/C26H24N4O3/c1-16-23(24(25(27)31)30-29-16)20-8-4-18(5-9-20)12-17-2-6-19(7-3-17)21-10-11-22(28-13-21)26(32)14-33-15-26/h2-11,13,32H,12,14-15H2,1H3,(H2,27,31)(H,29,30). The Morgan fingerprint density at radius 1 is 1.00 bits per heavy atom. The summed E-state index contributed by atoms with van der Waals surface area (Å²) in [5, 5.41) is 17.2. The number of H-pyrrole nitrogens is 1. The topological polar surface area (TPSA) is 114 Å². The number of nitrogens with two attached hydrogens (primary N) is 1. The minimum absolute atomic E-state index is 0.258. The predicted molar refractivity (Wildman–Crippen MR) is 124 cm³/mol. The molecule has 166 valence electrons. The molecular formula is C26H24N4O3. The molecule has 0 atom stereocenters. The van der Waals surface area contributed by atoms with Crippen LogP contribution in [0, 0.1) is 6.92 Å². The molecule has 1 aliphatic rings. The van der Waals surface area contributed by atoms with Crippen LogP contribution in [0.5, 0.6) is 0 Å². The van der Waals surface area contributed by atoms with Crippen molar-refractivity contribution in [1.29, 1.82) is 0 Å². The summed E-state index contributed by atoms with van der Waals surface area (Å²) in [5.41, 5.74) is 12.3. The van der Waals surface area contributed by atoms with Gasteiger partial charge in [-0.2, -0.15) is 5.10 Å². The minimum atomic E-state index is -0.949. The molecule has 0 bridgehead atoms. The smallest absolute Gasteiger partial charge is 0.269 e. The van der Waals surface area contributed by atoms with Gasteiger partial charge in [0, 0.05) is 23.0 Å². The van der Waals surface area contributed by atoms with Crippen molar-refractivity contribution < 1.29 is 14.6 Å². The molecule has 4 N–H and O–H groups in total. The summed E-state index contributed by atoms with van der Waals surface area (Å²) in [5.74, 6) is -0.545. The maximum Gasteiger partial charge on any atom is 0.269 e. The lowest BCUT2D eigenvalue weighted by Gasteiger charge is -2.35. The van der Waals surface area contributed by atoms with Crippen LogP contribution in [0.2, 0.25) is 0 Å². The molecule has 2 aromatic carbocycles. The largest absolute Gasteiger partial charge is 0.379 e. The normalized spacial score (nSPS) is 14.6. The van der Waals surface area contributed by atoms with Crippen LogP contribution in [0.25, 0.3) is 22.3 Å². The first-order valence-corrected chi connectivity index (χ1v) is 10.7. The second-order valence-corrected chi connectivity index (χ2v) is 8.46. The van der Waals surface area contributed by atoms with Gasteiger partial charge < -0.3 is 15.6 Å². The number of pyridine rings is 1. The third-order valence-corrected chi connectivity index (χ3v) is 6.04. The first-order valence-electron chi connectivity index (χ1n) is 10.7. The molecule has 1 aliphatic heterocycles.